The number of anilines is 3. The lowest BCUT2D eigenvalue weighted by Crippen LogP contribution is -2.15. The van der Waals surface area contributed by atoms with Crippen LogP contribution in [0.2, 0.25) is 0 Å². The van der Waals surface area contributed by atoms with E-state index in [1.807, 2.05) is 13.0 Å². The summed E-state index contributed by atoms with van der Waals surface area (Å²) in [5, 5.41) is 15.0. The van der Waals surface area contributed by atoms with Gasteiger partial charge in [0.25, 0.3) is 5.91 Å². The molecule has 2 aromatic carbocycles. The highest BCUT2D eigenvalue weighted by atomic mass is 19.1. The number of halogens is 1. The highest BCUT2D eigenvalue weighted by Gasteiger charge is 2.20. The molecule has 0 fully saturated rings. The number of ether oxygens (including phenoxy) is 2. The van der Waals surface area contributed by atoms with Crippen LogP contribution in [0.1, 0.15) is 34.0 Å². The zero-order valence-electron chi connectivity index (χ0n) is 19.6. The van der Waals surface area contributed by atoms with E-state index in [-0.39, 0.29) is 22.6 Å². The van der Waals surface area contributed by atoms with Crippen molar-refractivity contribution in [3.05, 3.63) is 64.7 Å². The number of rotatable bonds is 7. The lowest BCUT2D eigenvalue weighted by atomic mass is 10.1. The summed E-state index contributed by atoms with van der Waals surface area (Å²) in [6.45, 7) is 3.66. The van der Waals surface area contributed by atoms with Gasteiger partial charge in [-0.1, -0.05) is 6.92 Å². The summed E-state index contributed by atoms with van der Waals surface area (Å²) in [5.41, 5.74) is 3.09. The van der Waals surface area contributed by atoms with Crippen molar-refractivity contribution in [3.63, 3.8) is 0 Å². The molecule has 0 radical (unpaired) electrons. The zero-order chi connectivity index (χ0) is 25.1. The van der Waals surface area contributed by atoms with E-state index in [1.165, 1.54) is 26.6 Å². The molecule has 1 amide bonds. The maximum atomic E-state index is 14.9. The number of nitrogens with one attached hydrogen (secondary N) is 3. The Kier molecular flexibility index (Phi) is 6.51. The minimum atomic E-state index is -0.572. The van der Waals surface area contributed by atoms with Crippen LogP contribution < -0.4 is 20.1 Å². The van der Waals surface area contributed by atoms with Crippen LogP contribution in [0.4, 0.5) is 21.7 Å². The number of hydrogen-bond donors (Lipinski definition) is 3. The molecular weight excluding hydrogens is 451 g/mol. The molecule has 10 heteroatoms. The number of benzene rings is 2. The molecule has 0 bridgehead atoms. The SMILES string of the molecule is CCc1cc(C#N)cc(F)c1Nc1nc(NC(=O)c2ccc(OC)cc2OC)c2[nH]cnc2c1C. The number of carbonyl (C=O) groups is 1. The van der Waals surface area contributed by atoms with E-state index in [4.69, 9.17) is 14.7 Å². The van der Waals surface area contributed by atoms with E-state index in [0.29, 0.717) is 45.9 Å². The molecule has 0 spiro atoms. The number of fused-ring (bicyclic) bond motifs is 1. The second-order valence-electron chi connectivity index (χ2n) is 7.66. The fourth-order valence-corrected chi connectivity index (χ4v) is 3.76. The Morgan fingerprint density at radius 1 is 1.20 bits per heavy atom. The van der Waals surface area contributed by atoms with Crippen molar-refractivity contribution in [3.8, 4) is 17.6 Å². The van der Waals surface area contributed by atoms with E-state index in [9.17, 15) is 9.18 Å². The number of aryl methyl sites for hydroxylation is 2. The third-order valence-corrected chi connectivity index (χ3v) is 5.62. The van der Waals surface area contributed by atoms with Gasteiger partial charge in [0.2, 0.25) is 0 Å². The second-order valence-corrected chi connectivity index (χ2v) is 7.66. The first kappa shape index (κ1) is 23.5. The molecule has 0 atom stereocenters. The van der Waals surface area contributed by atoms with Gasteiger partial charge in [-0.25, -0.2) is 14.4 Å². The van der Waals surface area contributed by atoms with E-state index in [0.717, 1.165) is 0 Å². The molecule has 0 unspecified atom stereocenters. The standard InChI is InChI=1S/C25H23FN6O3/c1-5-15-8-14(11-27)9-18(26)21(15)30-23-13(2)20-22(29-12-28-20)24(31-23)32-25(33)17-7-6-16(34-3)10-19(17)35-4/h6-10,12H,5H2,1-4H3,(H,28,29)(H2,30,31,32,33). The number of carbonyl (C=O) groups excluding carboxylic acids is 1. The van der Waals surface area contributed by atoms with Gasteiger partial charge in [-0.3, -0.25) is 4.79 Å². The number of pyridine rings is 1. The van der Waals surface area contributed by atoms with Crippen molar-refractivity contribution in [2.24, 2.45) is 0 Å². The Balaban J connectivity index is 1.76. The largest absolute Gasteiger partial charge is 0.497 e. The van der Waals surface area contributed by atoms with Crippen molar-refractivity contribution < 1.29 is 18.7 Å². The molecule has 0 saturated heterocycles. The molecule has 178 valence electrons. The Hall–Kier alpha value is -4.65. The number of nitrogens with zero attached hydrogens (tertiary/aromatic N) is 3. The van der Waals surface area contributed by atoms with E-state index < -0.39 is 11.7 Å². The third-order valence-electron chi connectivity index (χ3n) is 5.62. The number of H-pyrrole nitrogens is 1. The lowest BCUT2D eigenvalue weighted by Gasteiger charge is -2.16. The maximum Gasteiger partial charge on any atom is 0.260 e. The summed E-state index contributed by atoms with van der Waals surface area (Å²) in [7, 11) is 2.98. The van der Waals surface area contributed by atoms with Gasteiger partial charge in [0.15, 0.2) is 5.82 Å². The van der Waals surface area contributed by atoms with Crippen LogP contribution in [0, 0.1) is 24.1 Å². The summed E-state index contributed by atoms with van der Waals surface area (Å²) in [5.74, 6) is 0.380. The Bertz CT molecular complexity index is 1470. The predicted octanol–water partition coefficient (Wildman–Crippen LogP) is 4.85. The number of amides is 1. The average molecular weight is 474 g/mol. The smallest absolute Gasteiger partial charge is 0.260 e. The molecule has 0 aliphatic carbocycles. The quantitative estimate of drug-likeness (QED) is 0.350. The first-order valence-corrected chi connectivity index (χ1v) is 10.8. The van der Waals surface area contributed by atoms with Gasteiger partial charge in [-0.2, -0.15) is 5.26 Å². The van der Waals surface area contributed by atoms with Crippen molar-refractivity contribution in [1.82, 2.24) is 15.0 Å². The molecule has 2 heterocycles. The third kappa shape index (κ3) is 4.44. The molecule has 4 aromatic rings. The number of methoxy groups -OCH3 is 2. The highest BCUT2D eigenvalue weighted by molar-refractivity contribution is 6.09. The normalized spacial score (nSPS) is 10.6. The number of imidazole rings is 1. The van der Waals surface area contributed by atoms with Crippen LogP contribution in [0.25, 0.3) is 11.0 Å². The topological polar surface area (TPSA) is 125 Å². The number of nitriles is 1. The van der Waals surface area contributed by atoms with Crippen molar-refractivity contribution in [2.75, 3.05) is 24.9 Å². The number of aromatic amines is 1. The van der Waals surface area contributed by atoms with Gasteiger partial charge < -0.3 is 25.1 Å². The molecule has 35 heavy (non-hydrogen) atoms. The molecule has 0 aliphatic heterocycles. The number of hydrogen-bond acceptors (Lipinski definition) is 7. The summed E-state index contributed by atoms with van der Waals surface area (Å²) in [4.78, 5) is 25.0. The fourth-order valence-electron chi connectivity index (χ4n) is 3.76. The molecule has 9 nitrogen and oxygen atoms in total. The van der Waals surface area contributed by atoms with E-state index in [1.54, 1.807) is 31.2 Å². The van der Waals surface area contributed by atoms with Crippen LogP contribution in [0.3, 0.4) is 0 Å². The van der Waals surface area contributed by atoms with Gasteiger partial charge >= 0.3 is 0 Å². The summed E-state index contributed by atoms with van der Waals surface area (Å²) >= 11 is 0. The van der Waals surface area contributed by atoms with Crippen LogP contribution in [0.5, 0.6) is 11.5 Å². The summed E-state index contributed by atoms with van der Waals surface area (Å²) in [6, 6.07) is 9.61. The second kappa shape index (κ2) is 9.69. The molecule has 3 N–H and O–H groups in total. The zero-order valence-corrected chi connectivity index (χ0v) is 19.6. The van der Waals surface area contributed by atoms with Crippen molar-refractivity contribution in [1.29, 1.82) is 5.26 Å². The van der Waals surface area contributed by atoms with E-state index >= 15 is 0 Å². The van der Waals surface area contributed by atoms with Gasteiger partial charge in [0.1, 0.15) is 28.7 Å². The first-order valence-electron chi connectivity index (χ1n) is 10.8. The Morgan fingerprint density at radius 3 is 2.69 bits per heavy atom. The van der Waals surface area contributed by atoms with Gasteiger partial charge in [0, 0.05) is 11.6 Å². The summed E-state index contributed by atoms with van der Waals surface area (Å²) in [6.07, 6.45) is 1.99. The minimum absolute atomic E-state index is 0.209. The summed E-state index contributed by atoms with van der Waals surface area (Å²) < 4.78 is 25.4. The molecule has 0 aliphatic rings. The fraction of sp³-hybridized carbons (Fsp3) is 0.200. The maximum absolute atomic E-state index is 14.9. The minimum Gasteiger partial charge on any atom is -0.497 e. The molecule has 0 saturated carbocycles. The number of aromatic nitrogens is 3. The van der Waals surface area contributed by atoms with E-state index in [2.05, 4.69) is 25.6 Å². The van der Waals surface area contributed by atoms with Crippen LogP contribution in [-0.2, 0) is 6.42 Å². The first-order chi connectivity index (χ1) is 16.9. The molecular formula is C25H23FN6O3. The lowest BCUT2D eigenvalue weighted by molar-refractivity contribution is 0.102. The van der Waals surface area contributed by atoms with Crippen LogP contribution >= 0.6 is 0 Å². The van der Waals surface area contributed by atoms with Crippen LogP contribution in [0.15, 0.2) is 36.7 Å². The molecule has 2 aromatic heterocycles. The highest BCUT2D eigenvalue weighted by Crippen LogP contribution is 2.33. The predicted molar refractivity (Wildman–Crippen MR) is 130 cm³/mol. The van der Waals surface area contributed by atoms with Crippen LogP contribution in [-0.4, -0.2) is 35.1 Å². The van der Waals surface area contributed by atoms with Gasteiger partial charge in [0.05, 0.1) is 48.9 Å². The Labute approximate surface area is 200 Å². The van der Waals surface area contributed by atoms with Gasteiger partial charge in [-0.15, -0.1) is 0 Å². The monoisotopic (exact) mass is 474 g/mol. The van der Waals surface area contributed by atoms with Crippen molar-refractivity contribution in [2.45, 2.75) is 20.3 Å². The molecule has 4 rings (SSSR count). The van der Waals surface area contributed by atoms with Crippen molar-refractivity contribution >= 4 is 34.3 Å². The van der Waals surface area contributed by atoms with Gasteiger partial charge in [-0.05, 0) is 43.2 Å². The Morgan fingerprint density at radius 2 is 2.00 bits per heavy atom. The average Bonchev–Trinajstić information content (AvgIpc) is 3.37.